The monoisotopic (exact) mass is 462 g/mol. The van der Waals surface area contributed by atoms with Gasteiger partial charge in [-0.15, -0.1) is 0 Å². The van der Waals surface area contributed by atoms with E-state index in [4.69, 9.17) is 9.47 Å². The molecule has 0 aromatic heterocycles. The summed E-state index contributed by atoms with van der Waals surface area (Å²) in [7, 11) is 0. The fourth-order valence-electron chi connectivity index (χ4n) is 5.92. The standard InChI is InChI=1S/C30H38O4/c1-18(2)30-14-12-29(7,13-15-30)25(33-27(31)23-10-8-19(3)21(5)16-23)26(30)34-28(32)24-11-9-20(4)22(6)17-24/h8-11,16-18,25-26H,12-15H2,1-7H3/t25-,26+,29-,30+/m1/s1. The van der Waals surface area contributed by atoms with Crippen LogP contribution < -0.4 is 0 Å². The van der Waals surface area contributed by atoms with Crippen molar-refractivity contribution in [3.63, 3.8) is 0 Å². The maximum atomic E-state index is 13.3. The number of rotatable bonds is 5. The molecule has 0 heterocycles. The van der Waals surface area contributed by atoms with Crippen molar-refractivity contribution < 1.29 is 19.1 Å². The third-order valence-corrected chi connectivity index (χ3v) is 8.95. The van der Waals surface area contributed by atoms with E-state index in [1.165, 1.54) is 0 Å². The number of ether oxygens (including phenoxy) is 2. The molecule has 3 aliphatic carbocycles. The van der Waals surface area contributed by atoms with Gasteiger partial charge in [-0.3, -0.25) is 0 Å². The van der Waals surface area contributed by atoms with Crippen LogP contribution in [-0.2, 0) is 9.47 Å². The van der Waals surface area contributed by atoms with Crippen molar-refractivity contribution in [3.05, 3.63) is 69.8 Å². The number of hydrogen-bond donors (Lipinski definition) is 0. The van der Waals surface area contributed by atoms with E-state index in [9.17, 15) is 9.59 Å². The summed E-state index contributed by atoms with van der Waals surface area (Å²) in [5.74, 6) is -0.373. The molecule has 2 atom stereocenters. The molecule has 182 valence electrons. The average molecular weight is 463 g/mol. The summed E-state index contributed by atoms with van der Waals surface area (Å²) in [6, 6.07) is 11.3. The number of aryl methyl sites for hydroxylation is 4. The van der Waals surface area contributed by atoms with E-state index in [0.29, 0.717) is 17.0 Å². The predicted molar refractivity (Wildman–Crippen MR) is 134 cm³/mol. The molecular formula is C30H38O4. The first kappa shape index (κ1) is 24.5. The molecule has 5 rings (SSSR count). The first-order valence-corrected chi connectivity index (χ1v) is 12.5. The van der Waals surface area contributed by atoms with Crippen LogP contribution >= 0.6 is 0 Å². The second kappa shape index (κ2) is 8.87. The quantitative estimate of drug-likeness (QED) is 0.453. The third-order valence-electron chi connectivity index (χ3n) is 8.95. The van der Waals surface area contributed by atoms with E-state index < -0.39 is 12.2 Å². The number of hydrogen-bond acceptors (Lipinski definition) is 4. The number of carbonyl (C=O) groups excluding carboxylic acids is 2. The van der Waals surface area contributed by atoms with Crippen LogP contribution in [0.5, 0.6) is 0 Å². The molecule has 3 saturated carbocycles. The summed E-state index contributed by atoms with van der Waals surface area (Å²) in [6.45, 7) is 14.6. The average Bonchev–Trinajstić information content (AvgIpc) is 2.79. The van der Waals surface area contributed by atoms with Crippen LogP contribution in [0.25, 0.3) is 0 Å². The van der Waals surface area contributed by atoms with Crippen LogP contribution in [0.2, 0.25) is 0 Å². The topological polar surface area (TPSA) is 52.6 Å². The predicted octanol–water partition coefficient (Wildman–Crippen LogP) is 6.91. The van der Waals surface area contributed by atoms with Gasteiger partial charge >= 0.3 is 11.9 Å². The van der Waals surface area contributed by atoms with Crippen molar-refractivity contribution in [2.75, 3.05) is 0 Å². The highest BCUT2D eigenvalue weighted by Crippen LogP contribution is 2.61. The Morgan fingerprint density at radius 1 is 0.735 bits per heavy atom. The molecule has 4 heteroatoms. The highest BCUT2D eigenvalue weighted by Gasteiger charge is 2.63. The zero-order valence-electron chi connectivity index (χ0n) is 21.7. The second-order valence-electron chi connectivity index (χ2n) is 11.3. The largest absolute Gasteiger partial charge is 0.454 e. The maximum absolute atomic E-state index is 13.3. The molecule has 0 spiro atoms. The Hall–Kier alpha value is -2.62. The van der Waals surface area contributed by atoms with E-state index in [1.54, 1.807) is 0 Å². The minimum Gasteiger partial charge on any atom is -0.454 e. The fourth-order valence-corrected chi connectivity index (χ4v) is 5.92. The highest BCUT2D eigenvalue weighted by molar-refractivity contribution is 5.91. The first-order valence-electron chi connectivity index (χ1n) is 12.5. The minimum absolute atomic E-state index is 0.193. The molecule has 0 amide bonds. The Labute approximate surface area is 204 Å². The molecule has 0 N–H and O–H groups in total. The zero-order valence-corrected chi connectivity index (χ0v) is 21.7. The van der Waals surface area contributed by atoms with Gasteiger partial charge in [0, 0.05) is 10.8 Å². The van der Waals surface area contributed by atoms with E-state index in [0.717, 1.165) is 47.9 Å². The second-order valence-corrected chi connectivity index (χ2v) is 11.3. The van der Waals surface area contributed by atoms with Gasteiger partial charge in [0.2, 0.25) is 0 Å². The SMILES string of the molecule is Cc1ccc(C(=O)O[C@@H]2[C@H](OC(=O)c3ccc(C)c(C)c3)[C@]3(C(C)C)CC[C@@]2(C)CC3)cc1C. The van der Waals surface area contributed by atoms with Gasteiger partial charge < -0.3 is 9.47 Å². The van der Waals surface area contributed by atoms with Gasteiger partial charge in [-0.2, -0.15) is 0 Å². The van der Waals surface area contributed by atoms with Gasteiger partial charge in [0.15, 0.2) is 0 Å². The summed E-state index contributed by atoms with van der Waals surface area (Å²) >= 11 is 0. The molecule has 3 aliphatic rings. The molecule has 3 fully saturated rings. The van der Waals surface area contributed by atoms with Crippen LogP contribution in [0.15, 0.2) is 36.4 Å². The van der Waals surface area contributed by atoms with E-state index in [1.807, 2.05) is 64.1 Å². The number of esters is 2. The normalized spacial score (nSPS) is 28.1. The molecule has 2 bridgehead atoms. The molecule has 0 radical (unpaired) electrons. The maximum Gasteiger partial charge on any atom is 0.338 e. The Balaban J connectivity index is 1.68. The molecule has 0 saturated heterocycles. The lowest BCUT2D eigenvalue weighted by Gasteiger charge is -2.61. The minimum atomic E-state index is -0.470. The fraction of sp³-hybridized carbons (Fsp3) is 0.533. The van der Waals surface area contributed by atoms with Crippen molar-refractivity contribution in [1.82, 2.24) is 0 Å². The van der Waals surface area contributed by atoms with E-state index in [2.05, 4.69) is 20.8 Å². The van der Waals surface area contributed by atoms with E-state index in [-0.39, 0.29) is 22.8 Å². The van der Waals surface area contributed by atoms with Crippen molar-refractivity contribution in [3.8, 4) is 0 Å². The number of benzene rings is 2. The lowest BCUT2D eigenvalue weighted by atomic mass is 9.48. The number of fused-ring (bicyclic) bond motifs is 3. The molecule has 4 nitrogen and oxygen atoms in total. The van der Waals surface area contributed by atoms with Gasteiger partial charge in [-0.1, -0.05) is 32.9 Å². The lowest BCUT2D eigenvalue weighted by Crippen LogP contribution is -2.64. The molecule has 34 heavy (non-hydrogen) atoms. The van der Waals surface area contributed by atoms with Crippen LogP contribution in [0.3, 0.4) is 0 Å². The van der Waals surface area contributed by atoms with Crippen molar-refractivity contribution in [1.29, 1.82) is 0 Å². The van der Waals surface area contributed by atoms with Crippen LogP contribution in [0.1, 0.15) is 89.4 Å². The van der Waals surface area contributed by atoms with Crippen molar-refractivity contribution in [2.24, 2.45) is 16.7 Å². The summed E-state index contributed by atoms with van der Waals surface area (Å²) in [4.78, 5) is 26.6. The van der Waals surface area contributed by atoms with Crippen molar-refractivity contribution >= 4 is 11.9 Å². The highest BCUT2D eigenvalue weighted by atomic mass is 16.6. The van der Waals surface area contributed by atoms with Crippen LogP contribution in [-0.4, -0.2) is 24.1 Å². The third kappa shape index (κ3) is 4.16. The van der Waals surface area contributed by atoms with Gasteiger partial charge in [-0.05, 0) is 106 Å². The van der Waals surface area contributed by atoms with Crippen molar-refractivity contribution in [2.45, 2.75) is 86.4 Å². The Morgan fingerprint density at radius 2 is 1.18 bits per heavy atom. The van der Waals surface area contributed by atoms with Gasteiger partial charge in [0.05, 0.1) is 11.1 Å². The summed E-state index contributed by atoms with van der Waals surface area (Å²) in [6.07, 6.45) is 2.95. The molecule has 0 aliphatic heterocycles. The first-order chi connectivity index (χ1) is 16.0. The summed E-state index contributed by atoms with van der Waals surface area (Å²) in [5, 5.41) is 0. The van der Waals surface area contributed by atoms with Crippen LogP contribution in [0.4, 0.5) is 0 Å². The zero-order chi connectivity index (χ0) is 24.8. The molecule has 2 aromatic rings. The van der Waals surface area contributed by atoms with E-state index >= 15 is 0 Å². The Morgan fingerprint density at radius 3 is 1.59 bits per heavy atom. The molecule has 0 unspecified atom stereocenters. The lowest BCUT2D eigenvalue weighted by molar-refractivity contribution is -0.210. The summed E-state index contributed by atoms with van der Waals surface area (Å²) < 4.78 is 12.6. The Kier molecular flexibility index (Phi) is 6.39. The Bertz CT molecular complexity index is 1100. The van der Waals surface area contributed by atoms with Crippen LogP contribution in [0, 0.1) is 44.4 Å². The van der Waals surface area contributed by atoms with Gasteiger partial charge in [0.1, 0.15) is 12.2 Å². The molecule has 2 aromatic carbocycles. The smallest absolute Gasteiger partial charge is 0.338 e. The van der Waals surface area contributed by atoms with Gasteiger partial charge in [0.25, 0.3) is 0 Å². The summed E-state index contributed by atoms with van der Waals surface area (Å²) in [5.41, 5.74) is 5.09. The molecular weight excluding hydrogens is 424 g/mol. The number of carbonyl (C=O) groups is 2. The van der Waals surface area contributed by atoms with Gasteiger partial charge in [-0.25, -0.2) is 9.59 Å².